The highest BCUT2D eigenvalue weighted by Crippen LogP contribution is 2.19. The largest absolute Gasteiger partial charge is 0.496 e. The molecule has 1 aromatic carbocycles. The second-order valence-electron chi connectivity index (χ2n) is 5.90. The molecule has 0 saturated carbocycles. The van der Waals surface area contributed by atoms with Crippen LogP contribution in [0.4, 0.5) is 0 Å². The molecule has 1 aliphatic rings. The molecule has 22 heavy (non-hydrogen) atoms. The van der Waals surface area contributed by atoms with Gasteiger partial charge in [0.1, 0.15) is 5.75 Å². The lowest BCUT2D eigenvalue weighted by molar-refractivity contribution is -0.130. The molecule has 0 radical (unpaired) electrons. The van der Waals surface area contributed by atoms with Crippen molar-refractivity contribution in [1.29, 1.82) is 0 Å². The fourth-order valence-electron chi connectivity index (χ4n) is 2.84. The average Bonchev–Trinajstić information content (AvgIpc) is 2.58. The Morgan fingerprint density at radius 2 is 2.18 bits per heavy atom. The van der Waals surface area contributed by atoms with Gasteiger partial charge in [-0.3, -0.25) is 4.79 Å². The SMILES string of the molecule is COc1ccccc1CCC(=O)N(C)CCC1CCCCO1. The summed E-state index contributed by atoms with van der Waals surface area (Å²) >= 11 is 0. The quantitative estimate of drug-likeness (QED) is 0.777. The summed E-state index contributed by atoms with van der Waals surface area (Å²) in [7, 11) is 3.55. The second-order valence-corrected chi connectivity index (χ2v) is 5.90. The van der Waals surface area contributed by atoms with E-state index in [0.717, 1.165) is 37.3 Å². The first-order valence-corrected chi connectivity index (χ1v) is 8.18. The molecule has 0 N–H and O–H groups in total. The summed E-state index contributed by atoms with van der Waals surface area (Å²) in [5.41, 5.74) is 1.09. The van der Waals surface area contributed by atoms with Crippen molar-refractivity contribution in [2.45, 2.75) is 44.6 Å². The zero-order chi connectivity index (χ0) is 15.8. The highest BCUT2D eigenvalue weighted by atomic mass is 16.5. The van der Waals surface area contributed by atoms with Gasteiger partial charge in [0.25, 0.3) is 0 Å². The molecule has 2 rings (SSSR count). The van der Waals surface area contributed by atoms with Crippen molar-refractivity contribution in [3.05, 3.63) is 29.8 Å². The van der Waals surface area contributed by atoms with E-state index in [1.54, 1.807) is 7.11 Å². The zero-order valence-corrected chi connectivity index (χ0v) is 13.7. The van der Waals surface area contributed by atoms with Crippen molar-refractivity contribution < 1.29 is 14.3 Å². The summed E-state index contributed by atoms with van der Waals surface area (Å²) in [6, 6.07) is 7.87. The van der Waals surface area contributed by atoms with Crippen LogP contribution in [0.5, 0.6) is 5.75 Å². The Kier molecular flexibility index (Phi) is 6.72. The molecular formula is C18H27NO3. The Labute approximate surface area is 133 Å². The van der Waals surface area contributed by atoms with Crippen LogP contribution in [0.3, 0.4) is 0 Å². The number of aryl methyl sites for hydroxylation is 1. The third-order valence-electron chi connectivity index (χ3n) is 4.29. The summed E-state index contributed by atoms with van der Waals surface area (Å²) < 4.78 is 11.0. The molecule has 1 atom stereocenters. The maximum atomic E-state index is 12.2. The molecule has 1 unspecified atom stereocenters. The topological polar surface area (TPSA) is 38.8 Å². The van der Waals surface area contributed by atoms with Gasteiger partial charge in [0.05, 0.1) is 13.2 Å². The first-order valence-electron chi connectivity index (χ1n) is 8.18. The number of benzene rings is 1. The number of carbonyl (C=O) groups is 1. The van der Waals surface area contributed by atoms with Crippen molar-refractivity contribution in [1.82, 2.24) is 4.90 Å². The lowest BCUT2D eigenvalue weighted by Crippen LogP contribution is -2.31. The van der Waals surface area contributed by atoms with Crippen molar-refractivity contribution >= 4 is 5.91 Å². The lowest BCUT2D eigenvalue weighted by Gasteiger charge is -2.25. The number of methoxy groups -OCH3 is 1. The Bertz CT molecular complexity index is 469. The third-order valence-corrected chi connectivity index (χ3v) is 4.29. The monoisotopic (exact) mass is 305 g/mol. The Morgan fingerprint density at radius 3 is 2.91 bits per heavy atom. The van der Waals surface area contributed by atoms with Crippen molar-refractivity contribution in [3.8, 4) is 5.75 Å². The van der Waals surface area contributed by atoms with E-state index in [-0.39, 0.29) is 5.91 Å². The number of ether oxygens (including phenoxy) is 2. The molecule has 0 bridgehead atoms. The van der Waals surface area contributed by atoms with Gasteiger partial charge in [0, 0.05) is 26.6 Å². The molecular weight excluding hydrogens is 278 g/mol. The molecule has 4 nitrogen and oxygen atoms in total. The third kappa shape index (κ3) is 5.02. The van der Waals surface area contributed by atoms with Gasteiger partial charge >= 0.3 is 0 Å². The summed E-state index contributed by atoms with van der Waals surface area (Å²) in [6.45, 7) is 1.64. The number of nitrogens with zero attached hydrogens (tertiary/aromatic N) is 1. The number of amides is 1. The predicted molar refractivity (Wildman–Crippen MR) is 87.2 cm³/mol. The first-order chi connectivity index (χ1) is 10.7. The molecule has 1 heterocycles. The van der Waals surface area contributed by atoms with Crippen LogP contribution in [0.2, 0.25) is 0 Å². The number of carbonyl (C=O) groups excluding carboxylic acids is 1. The molecule has 0 spiro atoms. The smallest absolute Gasteiger partial charge is 0.222 e. The van der Waals surface area contributed by atoms with Crippen LogP contribution in [0, 0.1) is 0 Å². The van der Waals surface area contributed by atoms with E-state index in [2.05, 4.69) is 0 Å². The van der Waals surface area contributed by atoms with Crippen LogP contribution in [0.1, 0.15) is 37.7 Å². The van der Waals surface area contributed by atoms with Crippen LogP contribution in [0.25, 0.3) is 0 Å². The number of hydrogen-bond acceptors (Lipinski definition) is 3. The second kappa shape index (κ2) is 8.79. The maximum Gasteiger partial charge on any atom is 0.222 e. The molecule has 1 amide bonds. The molecule has 0 aromatic heterocycles. The summed E-state index contributed by atoms with van der Waals surface area (Å²) in [5.74, 6) is 1.04. The molecule has 1 aromatic rings. The van der Waals surface area contributed by atoms with Crippen molar-refractivity contribution in [2.75, 3.05) is 27.3 Å². The summed E-state index contributed by atoms with van der Waals surface area (Å²) in [5, 5.41) is 0. The van der Waals surface area contributed by atoms with Gasteiger partial charge in [-0.25, -0.2) is 0 Å². The molecule has 0 aliphatic carbocycles. The molecule has 1 saturated heterocycles. The normalized spacial score (nSPS) is 18.0. The maximum absolute atomic E-state index is 12.2. The molecule has 1 aliphatic heterocycles. The van der Waals surface area contributed by atoms with Gasteiger partial charge in [0.15, 0.2) is 0 Å². The van der Waals surface area contributed by atoms with Crippen molar-refractivity contribution in [2.24, 2.45) is 0 Å². The number of rotatable bonds is 7. The highest BCUT2D eigenvalue weighted by Gasteiger charge is 2.16. The first kappa shape index (κ1) is 16.8. The standard InChI is InChI=1S/C18H27NO3/c1-19(13-12-16-8-5-6-14-22-16)18(20)11-10-15-7-3-4-9-17(15)21-2/h3-4,7,9,16H,5-6,8,10-14H2,1-2H3. The van der Waals surface area contributed by atoms with Crippen LogP contribution >= 0.6 is 0 Å². The van der Waals surface area contributed by atoms with Gasteiger partial charge in [-0.2, -0.15) is 0 Å². The minimum Gasteiger partial charge on any atom is -0.496 e. The fraction of sp³-hybridized carbons (Fsp3) is 0.611. The summed E-state index contributed by atoms with van der Waals surface area (Å²) in [4.78, 5) is 14.1. The van der Waals surface area contributed by atoms with E-state index in [4.69, 9.17) is 9.47 Å². The summed E-state index contributed by atoms with van der Waals surface area (Å²) in [6.07, 6.45) is 6.05. The predicted octanol–water partition coefficient (Wildman–Crippen LogP) is 3.05. The van der Waals surface area contributed by atoms with Crippen molar-refractivity contribution in [3.63, 3.8) is 0 Å². The lowest BCUT2D eigenvalue weighted by atomic mass is 10.1. The minimum atomic E-state index is 0.182. The van der Waals surface area contributed by atoms with E-state index in [0.29, 0.717) is 18.9 Å². The van der Waals surface area contributed by atoms with Crippen LogP contribution in [0.15, 0.2) is 24.3 Å². The number of hydrogen-bond donors (Lipinski definition) is 0. The Balaban J connectivity index is 1.73. The Hall–Kier alpha value is -1.55. The zero-order valence-electron chi connectivity index (χ0n) is 13.7. The van der Waals surface area contributed by atoms with E-state index in [1.165, 1.54) is 12.8 Å². The van der Waals surface area contributed by atoms with E-state index in [1.807, 2.05) is 36.2 Å². The van der Waals surface area contributed by atoms with Gasteiger partial charge in [-0.15, -0.1) is 0 Å². The highest BCUT2D eigenvalue weighted by molar-refractivity contribution is 5.76. The number of para-hydroxylation sites is 1. The van der Waals surface area contributed by atoms with E-state index in [9.17, 15) is 4.79 Å². The molecule has 4 heteroatoms. The van der Waals surface area contributed by atoms with Gasteiger partial charge < -0.3 is 14.4 Å². The minimum absolute atomic E-state index is 0.182. The molecule has 122 valence electrons. The van der Waals surface area contributed by atoms with Gasteiger partial charge in [-0.05, 0) is 43.7 Å². The van der Waals surface area contributed by atoms with Gasteiger partial charge in [0.2, 0.25) is 5.91 Å². The van der Waals surface area contributed by atoms with Crippen LogP contribution in [-0.4, -0.2) is 44.2 Å². The molecule has 1 fully saturated rings. The Morgan fingerprint density at radius 1 is 1.36 bits per heavy atom. The van der Waals surface area contributed by atoms with E-state index < -0.39 is 0 Å². The van der Waals surface area contributed by atoms with Crippen LogP contribution in [-0.2, 0) is 16.0 Å². The van der Waals surface area contributed by atoms with Gasteiger partial charge in [-0.1, -0.05) is 18.2 Å². The van der Waals surface area contributed by atoms with E-state index >= 15 is 0 Å². The fourth-order valence-corrected chi connectivity index (χ4v) is 2.84. The van der Waals surface area contributed by atoms with Crippen LogP contribution < -0.4 is 4.74 Å². The average molecular weight is 305 g/mol.